The number of nitrogens with zero attached hydrogens (tertiary/aromatic N) is 1. The van der Waals surface area contributed by atoms with Crippen molar-refractivity contribution in [3.05, 3.63) is 83.9 Å². The summed E-state index contributed by atoms with van der Waals surface area (Å²) in [6.45, 7) is 5.90. The number of anilines is 1. The summed E-state index contributed by atoms with van der Waals surface area (Å²) in [6.07, 6.45) is -2.57. The standard InChI is InChI=1S/C29H23F2N3O4.C2H6/c1-17(35)32-16-18-6-8-19(9-7-18)26-22-5-3-2-4-20(22)14-25(33-26)34-27(36)28(12-13-28)21-10-11-23-24(15-21)38-29(30,31)37-23;1-2/h2-11,14-15H,12-13,16H2,1H3,(H,32,35)(H,33,34,36);1-2H3. The normalized spacial score (nSPS) is 15.5. The maximum atomic E-state index is 13.5. The largest absolute Gasteiger partial charge is 0.586 e. The number of nitrogens with one attached hydrogen (secondary N) is 2. The summed E-state index contributed by atoms with van der Waals surface area (Å²) < 4.78 is 36.0. The van der Waals surface area contributed by atoms with Gasteiger partial charge in [-0.25, -0.2) is 4.98 Å². The molecule has 2 N–H and O–H groups in total. The lowest BCUT2D eigenvalue weighted by atomic mass is 9.94. The van der Waals surface area contributed by atoms with E-state index < -0.39 is 11.7 Å². The predicted molar refractivity (Wildman–Crippen MR) is 148 cm³/mol. The van der Waals surface area contributed by atoms with Crippen molar-refractivity contribution in [3.63, 3.8) is 0 Å². The second-order valence-electron chi connectivity index (χ2n) is 9.55. The number of rotatable bonds is 6. The van der Waals surface area contributed by atoms with Gasteiger partial charge in [0.2, 0.25) is 11.8 Å². The first-order valence-corrected chi connectivity index (χ1v) is 13.2. The van der Waals surface area contributed by atoms with E-state index in [1.165, 1.54) is 19.1 Å². The number of alkyl halides is 2. The molecule has 0 spiro atoms. The van der Waals surface area contributed by atoms with Crippen LogP contribution < -0.4 is 20.1 Å². The Morgan fingerprint density at radius 1 is 0.925 bits per heavy atom. The minimum absolute atomic E-state index is 0.0566. The predicted octanol–water partition coefficient (Wildman–Crippen LogP) is 6.56. The van der Waals surface area contributed by atoms with Crippen LogP contribution in [0.4, 0.5) is 14.6 Å². The van der Waals surface area contributed by atoms with Crippen molar-refractivity contribution in [2.24, 2.45) is 0 Å². The van der Waals surface area contributed by atoms with Crippen LogP contribution in [0.25, 0.3) is 22.0 Å². The Kier molecular flexibility index (Phi) is 7.14. The van der Waals surface area contributed by atoms with Gasteiger partial charge in [0.05, 0.1) is 11.1 Å². The van der Waals surface area contributed by atoms with E-state index in [1.54, 1.807) is 6.07 Å². The Hall–Kier alpha value is -4.53. The molecule has 0 unspecified atom stereocenters. The first kappa shape index (κ1) is 27.1. The molecule has 0 radical (unpaired) electrons. The lowest BCUT2D eigenvalue weighted by molar-refractivity contribution is -0.286. The average molecular weight is 546 g/mol. The number of aromatic nitrogens is 1. The second-order valence-corrected chi connectivity index (χ2v) is 9.55. The van der Waals surface area contributed by atoms with Crippen molar-refractivity contribution in [3.8, 4) is 22.8 Å². The number of amides is 2. The van der Waals surface area contributed by atoms with Crippen LogP contribution in [0.2, 0.25) is 0 Å². The van der Waals surface area contributed by atoms with E-state index in [4.69, 9.17) is 4.98 Å². The Morgan fingerprint density at radius 3 is 2.33 bits per heavy atom. The summed E-state index contributed by atoms with van der Waals surface area (Å²) in [7, 11) is 0. The molecule has 40 heavy (non-hydrogen) atoms. The van der Waals surface area contributed by atoms with Gasteiger partial charge in [-0.05, 0) is 47.6 Å². The number of carbonyl (C=O) groups excluding carboxylic acids is 2. The molecule has 1 saturated carbocycles. The molecule has 0 bridgehead atoms. The van der Waals surface area contributed by atoms with Crippen molar-refractivity contribution in [1.29, 1.82) is 0 Å². The van der Waals surface area contributed by atoms with Crippen LogP contribution in [0.3, 0.4) is 0 Å². The zero-order valence-corrected chi connectivity index (χ0v) is 22.4. The SMILES string of the molecule is CC.CC(=O)NCc1ccc(-c2nc(NC(=O)C3(c4ccc5c(c4)OC(F)(F)O5)CC3)cc3ccccc23)cc1. The molecule has 1 aliphatic heterocycles. The lowest BCUT2D eigenvalue weighted by Crippen LogP contribution is -2.28. The van der Waals surface area contributed by atoms with Crippen molar-refractivity contribution in [1.82, 2.24) is 10.3 Å². The van der Waals surface area contributed by atoms with Gasteiger partial charge in [-0.3, -0.25) is 9.59 Å². The van der Waals surface area contributed by atoms with Gasteiger partial charge >= 0.3 is 6.29 Å². The molecule has 0 atom stereocenters. The summed E-state index contributed by atoms with van der Waals surface area (Å²) in [6, 6.07) is 21.8. The highest BCUT2D eigenvalue weighted by Crippen LogP contribution is 2.52. The van der Waals surface area contributed by atoms with Gasteiger partial charge in [0.1, 0.15) is 5.82 Å². The van der Waals surface area contributed by atoms with Crippen molar-refractivity contribution in [2.75, 3.05) is 5.32 Å². The van der Waals surface area contributed by atoms with E-state index >= 15 is 0 Å². The number of halogens is 2. The Balaban J connectivity index is 0.00000158. The number of hydrogen-bond acceptors (Lipinski definition) is 5. The topological polar surface area (TPSA) is 89.6 Å². The first-order valence-electron chi connectivity index (χ1n) is 13.2. The third kappa shape index (κ3) is 5.32. The molecule has 9 heteroatoms. The Bertz CT molecular complexity index is 1580. The van der Waals surface area contributed by atoms with Crippen molar-refractivity contribution >= 4 is 28.4 Å². The fourth-order valence-corrected chi connectivity index (χ4v) is 4.74. The third-order valence-electron chi connectivity index (χ3n) is 6.89. The monoisotopic (exact) mass is 545 g/mol. The van der Waals surface area contributed by atoms with Gasteiger partial charge in [0.15, 0.2) is 11.5 Å². The van der Waals surface area contributed by atoms with E-state index in [0.717, 1.165) is 21.9 Å². The summed E-state index contributed by atoms with van der Waals surface area (Å²) in [4.78, 5) is 29.5. The molecule has 3 aromatic carbocycles. The van der Waals surface area contributed by atoms with E-state index in [1.807, 2.05) is 68.4 Å². The van der Waals surface area contributed by atoms with Crippen LogP contribution in [0, 0.1) is 0 Å². The molecule has 2 aliphatic rings. The second kappa shape index (κ2) is 10.6. The van der Waals surface area contributed by atoms with Gasteiger partial charge in [-0.15, -0.1) is 8.78 Å². The van der Waals surface area contributed by atoms with E-state index in [2.05, 4.69) is 20.1 Å². The van der Waals surface area contributed by atoms with E-state index in [-0.39, 0.29) is 23.3 Å². The highest BCUT2D eigenvalue weighted by molar-refractivity contribution is 6.03. The number of pyridine rings is 1. The third-order valence-corrected chi connectivity index (χ3v) is 6.89. The molecule has 2 heterocycles. The minimum Gasteiger partial charge on any atom is -0.395 e. The van der Waals surface area contributed by atoms with Gasteiger partial charge < -0.3 is 20.1 Å². The Morgan fingerprint density at radius 2 is 1.62 bits per heavy atom. The minimum atomic E-state index is -3.71. The smallest absolute Gasteiger partial charge is 0.395 e. The highest BCUT2D eigenvalue weighted by Gasteiger charge is 2.53. The zero-order valence-electron chi connectivity index (χ0n) is 22.4. The summed E-state index contributed by atoms with van der Waals surface area (Å²) in [5.41, 5.74) is 2.26. The maximum absolute atomic E-state index is 13.5. The average Bonchev–Trinajstić information content (AvgIpc) is 3.70. The van der Waals surface area contributed by atoms with Crippen LogP contribution >= 0.6 is 0 Å². The van der Waals surface area contributed by atoms with Crippen molar-refractivity contribution in [2.45, 2.75) is 51.9 Å². The van der Waals surface area contributed by atoms with Crippen molar-refractivity contribution < 1.29 is 27.8 Å². The summed E-state index contributed by atoms with van der Waals surface area (Å²) in [5, 5.41) is 7.57. The van der Waals surface area contributed by atoms with E-state index in [0.29, 0.717) is 36.5 Å². The molecule has 4 aromatic rings. The number of benzene rings is 3. The van der Waals surface area contributed by atoms with Gasteiger partial charge in [-0.2, -0.15) is 0 Å². The molecular formula is C31H29F2N3O4. The van der Waals surface area contributed by atoms with Crippen LogP contribution in [0.1, 0.15) is 44.7 Å². The van der Waals surface area contributed by atoms with E-state index in [9.17, 15) is 18.4 Å². The van der Waals surface area contributed by atoms with Crippen LogP contribution in [-0.2, 0) is 21.5 Å². The molecule has 206 valence electrons. The molecule has 0 saturated heterocycles. The van der Waals surface area contributed by atoms with Gasteiger partial charge in [0.25, 0.3) is 0 Å². The number of ether oxygens (including phenoxy) is 2. The summed E-state index contributed by atoms with van der Waals surface area (Å²) in [5.74, 6) is -0.108. The molecule has 7 nitrogen and oxygen atoms in total. The first-order chi connectivity index (χ1) is 19.2. The quantitative estimate of drug-likeness (QED) is 0.287. The lowest BCUT2D eigenvalue weighted by Gasteiger charge is -2.17. The zero-order chi connectivity index (χ0) is 28.5. The van der Waals surface area contributed by atoms with Crippen LogP contribution in [-0.4, -0.2) is 23.1 Å². The molecule has 1 aliphatic carbocycles. The number of fused-ring (bicyclic) bond motifs is 2. The Labute approximate surface area is 230 Å². The molecular weight excluding hydrogens is 516 g/mol. The molecule has 2 amide bonds. The van der Waals surface area contributed by atoms with Crippen LogP contribution in [0.5, 0.6) is 11.5 Å². The van der Waals surface area contributed by atoms with Gasteiger partial charge in [0, 0.05) is 24.4 Å². The highest BCUT2D eigenvalue weighted by atomic mass is 19.3. The fourth-order valence-electron chi connectivity index (χ4n) is 4.74. The van der Waals surface area contributed by atoms with Gasteiger partial charge in [-0.1, -0.05) is 68.4 Å². The molecule has 1 aromatic heterocycles. The van der Waals surface area contributed by atoms with Crippen LogP contribution in [0.15, 0.2) is 72.8 Å². The number of carbonyl (C=O) groups is 2. The molecule has 1 fully saturated rings. The fraction of sp³-hybridized carbons (Fsp3) is 0.258. The summed E-state index contributed by atoms with van der Waals surface area (Å²) >= 11 is 0. The number of hydrogen-bond donors (Lipinski definition) is 2. The maximum Gasteiger partial charge on any atom is 0.586 e. The molecule has 6 rings (SSSR count).